The fourth-order valence-electron chi connectivity index (χ4n) is 2.07. The van der Waals surface area contributed by atoms with E-state index in [-0.39, 0.29) is 18.8 Å². The molecule has 0 aromatic heterocycles. The van der Waals surface area contributed by atoms with Gasteiger partial charge in [-0.05, 0) is 30.9 Å². The van der Waals surface area contributed by atoms with Crippen molar-refractivity contribution in [1.82, 2.24) is 0 Å². The Kier molecular flexibility index (Phi) is 6.40. The minimum absolute atomic E-state index is 0.0770. The molecule has 0 saturated carbocycles. The van der Waals surface area contributed by atoms with Gasteiger partial charge in [-0.2, -0.15) is 0 Å². The molecule has 2 atom stereocenters. The molecule has 4 nitrogen and oxygen atoms in total. The Morgan fingerprint density at radius 1 is 1.29 bits per heavy atom. The molecule has 0 aromatic rings. The molecular weight excluding hydrogens is 220 g/mol. The van der Waals surface area contributed by atoms with Crippen molar-refractivity contribution < 1.29 is 20.1 Å². The predicted molar refractivity (Wildman–Crippen MR) is 64.5 cm³/mol. The monoisotopic (exact) mass is 242 g/mol. The van der Waals surface area contributed by atoms with E-state index in [1.54, 1.807) is 6.08 Å². The molecule has 17 heavy (non-hydrogen) atoms. The van der Waals surface area contributed by atoms with Gasteiger partial charge < -0.3 is 15.3 Å². The van der Waals surface area contributed by atoms with Crippen LogP contribution >= 0.6 is 0 Å². The molecule has 0 radical (unpaired) electrons. The lowest BCUT2D eigenvalue weighted by atomic mass is 10.0. The first-order valence-electron chi connectivity index (χ1n) is 6.34. The number of ketones is 1. The van der Waals surface area contributed by atoms with Gasteiger partial charge in [-0.3, -0.25) is 4.79 Å². The predicted octanol–water partition coefficient (Wildman–Crippen LogP) is 0.940. The number of aliphatic hydroxyl groups excluding tert-OH is 3. The Morgan fingerprint density at radius 2 is 2.00 bits per heavy atom. The van der Waals surface area contributed by atoms with E-state index < -0.39 is 12.2 Å². The number of carbonyl (C=O) groups excluding carboxylic acids is 1. The lowest BCUT2D eigenvalue weighted by molar-refractivity contribution is -0.115. The number of carbonyl (C=O) groups is 1. The molecule has 1 aliphatic rings. The van der Waals surface area contributed by atoms with Crippen LogP contribution in [0.4, 0.5) is 0 Å². The van der Waals surface area contributed by atoms with Crippen molar-refractivity contribution in [3.05, 3.63) is 11.6 Å². The van der Waals surface area contributed by atoms with E-state index >= 15 is 0 Å². The molecule has 1 aliphatic carbocycles. The van der Waals surface area contributed by atoms with Crippen LogP contribution in [0.5, 0.6) is 0 Å². The Bertz CT molecular complexity index is 273. The van der Waals surface area contributed by atoms with Crippen LogP contribution in [0.2, 0.25) is 0 Å². The maximum absolute atomic E-state index is 11.3. The summed E-state index contributed by atoms with van der Waals surface area (Å²) in [4.78, 5) is 11.3. The van der Waals surface area contributed by atoms with E-state index in [4.69, 9.17) is 10.2 Å². The summed E-state index contributed by atoms with van der Waals surface area (Å²) in [5, 5.41) is 27.0. The second-order valence-corrected chi connectivity index (χ2v) is 4.68. The summed E-state index contributed by atoms with van der Waals surface area (Å²) in [7, 11) is 0. The second-order valence-electron chi connectivity index (χ2n) is 4.68. The van der Waals surface area contributed by atoms with Gasteiger partial charge in [-0.1, -0.05) is 19.3 Å². The van der Waals surface area contributed by atoms with Crippen molar-refractivity contribution in [2.75, 3.05) is 6.61 Å². The molecule has 0 aromatic carbocycles. The summed E-state index contributed by atoms with van der Waals surface area (Å²) in [6.45, 7) is -0.167. The number of Topliss-reactive ketones (excluding diaryl/α,β-unsaturated/α-hetero) is 1. The van der Waals surface area contributed by atoms with E-state index in [1.165, 1.54) is 0 Å². The molecule has 4 heteroatoms. The number of allylic oxidation sites excluding steroid dienone is 1. The van der Waals surface area contributed by atoms with E-state index in [0.717, 1.165) is 37.7 Å². The molecule has 0 amide bonds. The molecule has 1 rings (SSSR count). The van der Waals surface area contributed by atoms with Crippen LogP contribution in [0.15, 0.2) is 11.6 Å². The third-order valence-electron chi connectivity index (χ3n) is 3.09. The zero-order chi connectivity index (χ0) is 12.7. The first-order chi connectivity index (χ1) is 8.13. The van der Waals surface area contributed by atoms with Crippen LogP contribution in [0.25, 0.3) is 0 Å². The quantitative estimate of drug-likeness (QED) is 0.554. The summed E-state index contributed by atoms with van der Waals surface area (Å²) in [6.07, 6.45) is 5.99. The second kappa shape index (κ2) is 7.58. The molecule has 3 N–H and O–H groups in total. The average molecular weight is 242 g/mol. The molecule has 0 heterocycles. The van der Waals surface area contributed by atoms with Gasteiger partial charge in [-0.25, -0.2) is 0 Å². The fourth-order valence-corrected chi connectivity index (χ4v) is 2.07. The highest BCUT2D eigenvalue weighted by atomic mass is 16.3. The normalized spacial score (nSPS) is 21.7. The molecular formula is C13H22O4. The van der Waals surface area contributed by atoms with Crippen LogP contribution in [-0.2, 0) is 4.79 Å². The van der Waals surface area contributed by atoms with Crippen LogP contribution in [0, 0.1) is 0 Å². The number of rotatable bonds is 8. The van der Waals surface area contributed by atoms with Gasteiger partial charge in [0.15, 0.2) is 5.78 Å². The number of hydrogen-bond acceptors (Lipinski definition) is 4. The summed E-state index contributed by atoms with van der Waals surface area (Å²) < 4.78 is 0. The number of aliphatic hydroxyl groups is 3. The molecule has 0 aliphatic heterocycles. The third kappa shape index (κ3) is 5.44. The topological polar surface area (TPSA) is 77.8 Å². The van der Waals surface area contributed by atoms with Crippen LogP contribution < -0.4 is 0 Å². The van der Waals surface area contributed by atoms with Gasteiger partial charge in [0.05, 0.1) is 18.8 Å². The molecule has 0 bridgehead atoms. The lowest BCUT2D eigenvalue weighted by Gasteiger charge is -2.06. The Morgan fingerprint density at radius 3 is 2.59 bits per heavy atom. The SMILES string of the molecule is O=C1CC(O)C=C1CCCCCCC(O)CO. The average Bonchev–Trinajstić information content (AvgIpc) is 2.62. The highest BCUT2D eigenvalue weighted by molar-refractivity contribution is 5.98. The van der Waals surface area contributed by atoms with Gasteiger partial charge in [0.1, 0.15) is 0 Å². The van der Waals surface area contributed by atoms with Crippen molar-refractivity contribution in [1.29, 1.82) is 0 Å². The van der Waals surface area contributed by atoms with Crippen molar-refractivity contribution >= 4 is 5.78 Å². The molecule has 98 valence electrons. The lowest BCUT2D eigenvalue weighted by Crippen LogP contribution is -2.10. The first kappa shape index (κ1) is 14.4. The molecule has 0 fully saturated rings. The molecule has 2 unspecified atom stereocenters. The zero-order valence-electron chi connectivity index (χ0n) is 10.1. The van der Waals surface area contributed by atoms with Crippen LogP contribution in [0.3, 0.4) is 0 Å². The minimum atomic E-state index is -0.593. The Labute approximate surface area is 102 Å². The van der Waals surface area contributed by atoms with E-state index in [1.807, 2.05) is 0 Å². The fraction of sp³-hybridized carbons (Fsp3) is 0.769. The maximum Gasteiger partial charge on any atom is 0.161 e. The Balaban J connectivity index is 2.01. The highest BCUT2D eigenvalue weighted by Crippen LogP contribution is 2.20. The van der Waals surface area contributed by atoms with Crippen molar-refractivity contribution in [3.8, 4) is 0 Å². The van der Waals surface area contributed by atoms with Crippen molar-refractivity contribution in [2.45, 2.75) is 57.2 Å². The van der Waals surface area contributed by atoms with Crippen LogP contribution in [-0.4, -0.2) is 39.9 Å². The van der Waals surface area contributed by atoms with Gasteiger partial charge >= 0.3 is 0 Å². The zero-order valence-corrected chi connectivity index (χ0v) is 10.1. The van der Waals surface area contributed by atoms with Gasteiger partial charge in [0, 0.05) is 6.42 Å². The number of unbranched alkanes of at least 4 members (excludes halogenated alkanes) is 3. The van der Waals surface area contributed by atoms with Gasteiger partial charge in [-0.15, -0.1) is 0 Å². The number of hydrogen-bond donors (Lipinski definition) is 3. The van der Waals surface area contributed by atoms with Crippen LogP contribution in [0.1, 0.15) is 44.9 Å². The molecule has 0 spiro atoms. The van der Waals surface area contributed by atoms with Gasteiger partial charge in [0.25, 0.3) is 0 Å². The smallest absolute Gasteiger partial charge is 0.161 e. The van der Waals surface area contributed by atoms with Crippen molar-refractivity contribution in [3.63, 3.8) is 0 Å². The Hall–Kier alpha value is -0.710. The largest absolute Gasteiger partial charge is 0.394 e. The van der Waals surface area contributed by atoms with Gasteiger partial charge in [0.2, 0.25) is 0 Å². The first-order valence-corrected chi connectivity index (χ1v) is 6.34. The van der Waals surface area contributed by atoms with E-state index in [0.29, 0.717) is 6.42 Å². The summed E-state index contributed by atoms with van der Waals surface area (Å²) in [6, 6.07) is 0. The maximum atomic E-state index is 11.3. The summed E-state index contributed by atoms with van der Waals surface area (Å²) >= 11 is 0. The molecule has 0 saturated heterocycles. The third-order valence-corrected chi connectivity index (χ3v) is 3.09. The van der Waals surface area contributed by atoms with E-state index in [9.17, 15) is 9.90 Å². The van der Waals surface area contributed by atoms with E-state index in [2.05, 4.69) is 0 Å². The summed E-state index contributed by atoms with van der Waals surface area (Å²) in [5.41, 5.74) is 0.771. The minimum Gasteiger partial charge on any atom is -0.394 e. The van der Waals surface area contributed by atoms with Crippen molar-refractivity contribution in [2.24, 2.45) is 0 Å². The highest BCUT2D eigenvalue weighted by Gasteiger charge is 2.21. The standard InChI is InChI=1S/C13H22O4/c14-9-11(15)6-4-2-1-3-5-10-7-12(16)8-13(10)17/h7,11-12,14-16H,1-6,8-9H2. The summed E-state index contributed by atoms with van der Waals surface area (Å²) in [5.74, 6) is 0.0770.